The lowest BCUT2D eigenvalue weighted by Gasteiger charge is -2.31. The molecule has 140 valence electrons. The van der Waals surface area contributed by atoms with Crippen molar-refractivity contribution in [2.75, 3.05) is 26.8 Å². The Morgan fingerprint density at radius 3 is 2.77 bits per heavy atom. The molecule has 0 saturated carbocycles. The summed E-state index contributed by atoms with van der Waals surface area (Å²) < 4.78 is 6.87. The molecule has 2 aromatic rings. The molecule has 0 unspecified atom stereocenters. The van der Waals surface area contributed by atoms with Gasteiger partial charge in [-0.25, -0.2) is 4.68 Å². The maximum atomic E-state index is 12.2. The molecule has 0 radical (unpaired) electrons. The third-order valence-corrected chi connectivity index (χ3v) is 4.64. The number of carbonyl (C=O) groups excluding carboxylic acids is 1. The van der Waals surface area contributed by atoms with Crippen LogP contribution in [0.3, 0.4) is 0 Å². The summed E-state index contributed by atoms with van der Waals surface area (Å²) in [4.78, 5) is 14.5. The van der Waals surface area contributed by atoms with E-state index in [2.05, 4.69) is 25.7 Å². The molecule has 8 nitrogen and oxygen atoms in total. The van der Waals surface area contributed by atoms with E-state index in [0.29, 0.717) is 19.6 Å². The maximum absolute atomic E-state index is 12.2. The minimum absolute atomic E-state index is 0.0955. The van der Waals surface area contributed by atoms with Gasteiger partial charge in [0.1, 0.15) is 0 Å². The molecule has 3 rings (SSSR count). The molecule has 1 aliphatic heterocycles. The van der Waals surface area contributed by atoms with Crippen molar-refractivity contribution in [3.63, 3.8) is 0 Å². The highest BCUT2D eigenvalue weighted by Crippen LogP contribution is 2.13. The highest BCUT2D eigenvalue weighted by atomic mass is 16.5. The molecular formula is C18H26N6O2. The van der Waals surface area contributed by atoms with Crippen molar-refractivity contribution in [1.82, 2.24) is 30.4 Å². The van der Waals surface area contributed by atoms with Crippen LogP contribution in [-0.2, 0) is 29.0 Å². The fourth-order valence-electron chi connectivity index (χ4n) is 3.18. The van der Waals surface area contributed by atoms with Crippen molar-refractivity contribution in [3.8, 4) is 0 Å². The van der Waals surface area contributed by atoms with Crippen molar-refractivity contribution in [1.29, 1.82) is 0 Å². The summed E-state index contributed by atoms with van der Waals surface area (Å²) in [5.41, 5.74) is 1.05. The lowest BCUT2D eigenvalue weighted by molar-refractivity contribution is -0.121. The Kier molecular flexibility index (Phi) is 6.68. The van der Waals surface area contributed by atoms with Crippen molar-refractivity contribution < 1.29 is 9.53 Å². The van der Waals surface area contributed by atoms with Crippen molar-refractivity contribution >= 4 is 5.91 Å². The number of benzene rings is 1. The number of rotatable bonds is 8. The lowest BCUT2D eigenvalue weighted by Crippen LogP contribution is -2.45. The quantitative estimate of drug-likeness (QED) is 0.746. The first-order chi connectivity index (χ1) is 12.7. The Hall–Kier alpha value is -2.32. The highest BCUT2D eigenvalue weighted by Gasteiger charge is 2.22. The van der Waals surface area contributed by atoms with E-state index in [-0.39, 0.29) is 11.9 Å². The first kappa shape index (κ1) is 18.5. The molecule has 0 spiro atoms. The number of amides is 1. The van der Waals surface area contributed by atoms with Gasteiger partial charge in [0.2, 0.25) is 5.91 Å². The second-order valence-electron chi connectivity index (χ2n) is 6.59. The molecule has 1 aromatic carbocycles. The van der Waals surface area contributed by atoms with E-state index in [4.69, 9.17) is 4.74 Å². The molecule has 0 bridgehead atoms. The van der Waals surface area contributed by atoms with E-state index in [1.807, 2.05) is 30.3 Å². The van der Waals surface area contributed by atoms with Crippen LogP contribution in [-0.4, -0.2) is 63.9 Å². The average Bonchev–Trinajstić information content (AvgIpc) is 3.09. The summed E-state index contributed by atoms with van der Waals surface area (Å²) in [6.07, 6.45) is 2.33. The van der Waals surface area contributed by atoms with Crippen LogP contribution in [0.5, 0.6) is 0 Å². The number of likely N-dealkylation sites (tertiary alicyclic amines) is 1. The summed E-state index contributed by atoms with van der Waals surface area (Å²) in [5, 5.41) is 15.0. The van der Waals surface area contributed by atoms with Crippen LogP contribution in [0.4, 0.5) is 0 Å². The second-order valence-corrected chi connectivity index (χ2v) is 6.59. The predicted octanol–water partition coefficient (Wildman–Crippen LogP) is 0.643. The molecule has 1 fully saturated rings. The monoisotopic (exact) mass is 358 g/mol. The maximum Gasteiger partial charge on any atom is 0.224 e. The first-order valence-electron chi connectivity index (χ1n) is 9.04. The Labute approximate surface area is 153 Å². The van der Waals surface area contributed by atoms with Gasteiger partial charge in [-0.1, -0.05) is 30.3 Å². The Morgan fingerprint density at radius 2 is 2.04 bits per heavy atom. The Morgan fingerprint density at radius 1 is 1.27 bits per heavy atom. The lowest BCUT2D eigenvalue weighted by atomic mass is 10.0. The highest BCUT2D eigenvalue weighted by molar-refractivity contribution is 5.78. The van der Waals surface area contributed by atoms with Gasteiger partial charge < -0.3 is 10.1 Å². The first-order valence-corrected chi connectivity index (χ1v) is 9.04. The largest absolute Gasteiger partial charge is 0.383 e. The third-order valence-electron chi connectivity index (χ3n) is 4.64. The van der Waals surface area contributed by atoms with Crippen LogP contribution in [0.1, 0.15) is 24.2 Å². The molecular weight excluding hydrogens is 332 g/mol. The van der Waals surface area contributed by atoms with Gasteiger partial charge in [-0.05, 0) is 28.8 Å². The zero-order valence-electron chi connectivity index (χ0n) is 15.2. The van der Waals surface area contributed by atoms with Gasteiger partial charge in [0.15, 0.2) is 5.82 Å². The zero-order valence-corrected chi connectivity index (χ0v) is 15.2. The summed E-state index contributed by atoms with van der Waals surface area (Å²) in [7, 11) is 1.67. The molecule has 1 saturated heterocycles. The van der Waals surface area contributed by atoms with Crippen LogP contribution in [0, 0.1) is 0 Å². The molecule has 1 amide bonds. The van der Waals surface area contributed by atoms with Crippen LogP contribution in [0.2, 0.25) is 0 Å². The summed E-state index contributed by atoms with van der Waals surface area (Å²) in [5.74, 6) is 0.951. The minimum Gasteiger partial charge on any atom is -0.383 e. The van der Waals surface area contributed by atoms with Crippen molar-refractivity contribution in [3.05, 3.63) is 41.7 Å². The van der Waals surface area contributed by atoms with E-state index in [1.54, 1.807) is 11.8 Å². The molecule has 0 atom stereocenters. The van der Waals surface area contributed by atoms with Crippen LogP contribution in [0.15, 0.2) is 30.3 Å². The number of ether oxygens (including phenoxy) is 1. The van der Waals surface area contributed by atoms with E-state index in [9.17, 15) is 4.79 Å². The number of carbonyl (C=O) groups is 1. The number of piperidine rings is 1. The van der Waals surface area contributed by atoms with Crippen molar-refractivity contribution in [2.24, 2.45) is 0 Å². The average molecular weight is 358 g/mol. The second kappa shape index (κ2) is 9.40. The topological polar surface area (TPSA) is 85.2 Å². The van der Waals surface area contributed by atoms with Gasteiger partial charge in [-0.2, -0.15) is 0 Å². The normalized spacial score (nSPS) is 15.9. The number of aromatic nitrogens is 4. The van der Waals surface area contributed by atoms with Gasteiger partial charge in [-0.15, -0.1) is 5.10 Å². The van der Waals surface area contributed by atoms with Crippen LogP contribution in [0.25, 0.3) is 0 Å². The van der Waals surface area contributed by atoms with E-state index in [1.165, 1.54) is 0 Å². The molecule has 1 aromatic heterocycles. The van der Waals surface area contributed by atoms with Gasteiger partial charge in [0.05, 0.1) is 26.1 Å². The number of hydrogen-bond donors (Lipinski definition) is 1. The van der Waals surface area contributed by atoms with Gasteiger partial charge in [-0.3, -0.25) is 9.69 Å². The fourth-order valence-corrected chi connectivity index (χ4v) is 3.18. The summed E-state index contributed by atoms with van der Waals surface area (Å²) in [6.45, 7) is 3.82. The van der Waals surface area contributed by atoms with Gasteiger partial charge >= 0.3 is 0 Å². The summed E-state index contributed by atoms with van der Waals surface area (Å²) in [6, 6.07) is 10.1. The zero-order chi connectivity index (χ0) is 18.2. The fraction of sp³-hybridized carbons (Fsp3) is 0.556. The molecule has 1 N–H and O–H groups in total. The molecule has 2 heterocycles. The SMILES string of the molecule is COCCn1nnnc1CN1CCC(NC(=O)Cc2ccccc2)CC1. The third kappa shape index (κ3) is 5.34. The summed E-state index contributed by atoms with van der Waals surface area (Å²) >= 11 is 0. The molecule has 8 heteroatoms. The number of methoxy groups -OCH3 is 1. The number of nitrogens with zero attached hydrogens (tertiary/aromatic N) is 5. The number of tetrazole rings is 1. The Bertz CT molecular complexity index is 682. The Balaban J connectivity index is 1.41. The predicted molar refractivity (Wildman–Crippen MR) is 96.3 cm³/mol. The van der Waals surface area contributed by atoms with Crippen LogP contribution < -0.4 is 5.32 Å². The minimum atomic E-state index is 0.0955. The standard InChI is InChI=1S/C18H26N6O2/c1-26-12-11-24-17(20-21-22-24)14-23-9-7-16(8-10-23)19-18(25)13-15-5-3-2-4-6-15/h2-6,16H,7-14H2,1H3,(H,19,25). The van der Waals surface area contributed by atoms with Crippen LogP contribution >= 0.6 is 0 Å². The molecule has 26 heavy (non-hydrogen) atoms. The smallest absolute Gasteiger partial charge is 0.224 e. The molecule has 1 aliphatic rings. The van der Waals surface area contributed by atoms with Gasteiger partial charge in [0.25, 0.3) is 0 Å². The van der Waals surface area contributed by atoms with E-state index < -0.39 is 0 Å². The number of hydrogen-bond acceptors (Lipinski definition) is 6. The molecule has 0 aliphatic carbocycles. The van der Waals surface area contributed by atoms with Gasteiger partial charge in [0, 0.05) is 26.2 Å². The van der Waals surface area contributed by atoms with E-state index in [0.717, 1.165) is 43.9 Å². The van der Waals surface area contributed by atoms with E-state index >= 15 is 0 Å². The van der Waals surface area contributed by atoms with Crippen molar-refractivity contribution in [2.45, 2.75) is 38.4 Å². The number of nitrogens with one attached hydrogen (secondary N) is 1.